The van der Waals surface area contributed by atoms with Gasteiger partial charge in [-0.2, -0.15) is 0 Å². The normalized spacial score (nSPS) is 18.9. The molecule has 0 saturated carbocycles. The van der Waals surface area contributed by atoms with Crippen molar-refractivity contribution < 1.29 is 34.0 Å². The molecule has 2 aromatic rings. The minimum atomic E-state index is -1.82. The summed E-state index contributed by atoms with van der Waals surface area (Å²) in [5, 5.41) is 19.8. The third-order valence-electron chi connectivity index (χ3n) is 4.26. The number of hydrogen-bond acceptors (Lipinski definition) is 7. The molecule has 0 amide bonds. The monoisotopic (exact) mass is 344 g/mol. The standard InChI is InChI=1S/C18H16O7/c1-23-14-8-10(7-12(19)15(14)20)18(17(22)24-2)9-25-13-6-4-3-5-11(13)16(18)21/h3-8,19-20H,9H2,1-2H3. The Labute approximate surface area is 143 Å². The van der Waals surface area contributed by atoms with Crippen LogP contribution in [0.15, 0.2) is 36.4 Å². The van der Waals surface area contributed by atoms with Gasteiger partial charge < -0.3 is 24.4 Å². The summed E-state index contributed by atoms with van der Waals surface area (Å²) in [6, 6.07) is 8.98. The van der Waals surface area contributed by atoms with Crippen LogP contribution in [-0.4, -0.2) is 42.8 Å². The molecular weight excluding hydrogens is 328 g/mol. The van der Waals surface area contributed by atoms with E-state index in [0.717, 1.165) is 13.2 Å². The molecule has 0 saturated heterocycles. The van der Waals surface area contributed by atoms with Gasteiger partial charge in [0.25, 0.3) is 0 Å². The molecule has 1 heterocycles. The van der Waals surface area contributed by atoms with Crippen molar-refractivity contribution >= 4 is 11.8 Å². The molecule has 1 aliphatic heterocycles. The number of para-hydroxylation sites is 1. The van der Waals surface area contributed by atoms with E-state index in [1.807, 2.05) is 0 Å². The van der Waals surface area contributed by atoms with Gasteiger partial charge in [0.15, 0.2) is 22.7 Å². The fourth-order valence-electron chi connectivity index (χ4n) is 2.91. The molecule has 1 unspecified atom stereocenters. The second-order valence-electron chi connectivity index (χ2n) is 5.56. The summed E-state index contributed by atoms with van der Waals surface area (Å²) in [6.07, 6.45) is 0. The molecule has 25 heavy (non-hydrogen) atoms. The molecule has 0 aliphatic carbocycles. The summed E-state index contributed by atoms with van der Waals surface area (Å²) in [5.41, 5.74) is -1.49. The van der Waals surface area contributed by atoms with Gasteiger partial charge in [0.1, 0.15) is 12.4 Å². The zero-order valence-corrected chi connectivity index (χ0v) is 13.6. The van der Waals surface area contributed by atoms with E-state index < -0.39 is 28.7 Å². The summed E-state index contributed by atoms with van der Waals surface area (Å²) < 4.78 is 15.5. The lowest BCUT2D eigenvalue weighted by atomic mass is 9.73. The van der Waals surface area contributed by atoms with Crippen LogP contribution in [0.1, 0.15) is 15.9 Å². The Hall–Kier alpha value is -3.22. The number of carbonyl (C=O) groups excluding carboxylic acids is 2. The Morgan fingerprint density at radius 1 is 1.20 bits per heavy atom. The van der Waals surface area contributed by atoms with Crippen LogP contribution >= 0.6 is 0 Å². The number of ketones is 1. The summed E-state index contributed by atoms with van der Waals surface area (Å²) >= 11 is 0. The van der Waals surface area contributed by atoms with Crippen molar-refractivity contribution in [2.75, 3.05) is 20.8 Å². The zero-order chi connectivity index (χ0) is 18.2. The molecule has 1 atom stereocenters. The van der Waals surface area contributed by atoms with Gasteiger partial charge >= 0.3 is 5.97 Å². The number of fused-ring (bicyclic) bond motifs is 1. The number of Topliss-reactive ketones (excluding diaryl/α,β-unsaturated/α-hetero) is 1. The topological polar surface area (TPSA) is 102 Å². The van der Waals surface area contributed by atoms with Crippen LogP contribution in [0, 0.1) is 0 Å². The molecule has 0 fully saturated rings. The number of phenols is 2. The summed E-state index contributed by atoms with van der Waals surface area (Å²) in [6.45, 7) is -0.303. The molecule has 0 aromatic heterocycles. The number of methoxy groups -OCH3 is 2. The third-order valence-corrected chi connectivity index (χ3v) is 4.26. The highest BCUT2D eigenvalue weighted by Crippen LogP contribution is 2.44. The van der Waals surface area contributed by atoms with E-state index in [4.69, 9.17) is 14.2 Å². The quantitative estimate of drug-likeness (QED) is 0.497. The lowest BCUT2D eigenvalue weighted by Crippen LogP contribution is -2.51. The Morgan fingerprint density at radius 2 is 1.92 bits per heavy atom. The molecular formula is C18H16O7. The predicted molar refractivity (Wildman–Crippen MR) is 86.3 cm³/mol. The number of aromatic hydroxyl groups is 2. The second kappa shape index (κ2) is 6.01. The lowest BCUT2D eigenvalue weighted by Gasteiger charge is -2.34. The van der Waals surface area contributed by atoms with E-state index >= 15 is 0 Å². The third kappa shape index (κ3) is 2.36. The van der Waals surface area contributed by atoms with Gasteiger partial charge in [-0.1, -0.05) is 12.1 Å². The minimum Gasteiger partial charge on any atom is -0.504 e. The van der Waals surface area contributed by atoms with E-state index in [2.05, 4.69) is 0 Å². The maximum Gasteiger partial charge on any atom is 0.327 e. The number of ether oxygens (including phenoxy) is 3. The fraction of sp³-hybridized carbons (Fsp3) is 0.222. The van der Waals surface area contributed by atoms with Crippen molar-refractivity contribution in [1.82, 2.24) is 0 Å². The number of esters is 1. The summed E-state index contributed by atoms with van der Waals surface area (Å²) in [7, 11) is 2.45. The van der Waals surface area contributed by atoms with Crippen molar-refractivity contribution in [3.05, 3.63) is 47.5 Å². The predicted octanol–water partition coefficient (Wildman–Crippen LogP) is 1.79. The molecule has 2 aromatic carbocycles. The molecule has 1 aliphatic rings. The van der Waals surface area contributed by atoms with Crippen LogP contribution < -0.4 is 9.47 Å². The molecule has 7 nitrogen and oxygen atoms in total. The summed E-state index contributed by atoms with van der Waals surface area (Å²) in [4.78, 5) is 25.8. The smallest absolute Gasteiger partial charge is 0.327 e. The van der Waals surface area contributed by atoms with Crippen LogP contribution in [0.5, 0.6) is 23.0 Å². The van der Waals surface area contributed by atoms with Crippen LogP contribution in [0.2, 0.25) is 0 Å². The van der Waals surface area contributed by atoms with Gasteiger partial charge in [-0.3, -0.25) is 9.59 Å². The van der Waals surface area contributed by atoms with E-state index in [9.17, 15) is 19.8 Å². The van der Waals surface area contributed by atoms with Gasteiger partial charge in [0, 0.05) is 0 Å². The first-order valence-corrected chi connectivity index (χ1v) is 7.41. The highest BCUT2D eigenvalue weighted by atomic mass is 16.5. The van der Waals surface area contributed by atoms with Crippen molar-refractivity contribution in [1.29, 1.82) is 0 Å². The molecule has 7 heteroatoms. The SMILES string of the molecule is COC(=O)C1(c2cc(O)c(O)c(OC)c2)COc2ccccc2C1=O. The molecule has 3 rings (SSSR count). The van der Waals surface area contributed by atoms with Gasteiger partial charge in [-0.15, -0.1) is 0 Å². The lowest BCUT2D eigenvalue weighted by molar-refractivity contribution is -0.146. The largest absolute Gasteiger partial charge is 0.504 e. The maximum atomic E-state index is 13.2. The minimum absolute atomic E-state index is 0.0788. The highest BCUT2D eigenvalue weighted by molar-refractivity contribution is 6.19. The molecule has 130 valence electrons. The van der Waals surface area contributed by atoms with E-state index in [0.29, 0.717) is 5.75 Å². The number of rotatable bonds is 3. The van der Waals surface area contributed by atoms with Gasteiger partial charge in [-0.25, -0.2) is 0 Å². The van der Waals surface area contributed by atoms with Crippen LogP contribution in [0.4, 0.5) is 0 Å². The van der Waals surface area contributed by atoms with Gasteiger partial charge in [-0.05, 0) is 29.8 Å². The zero-order valence-electron chi connectivity index (χ0n) is 13.6. The van der Waals surface area contributed by atoms with E-state index in [1.165, 1.54) is 13.2 Å². The van der Waals surface area contributed by atoms with Crippen LogP contribution in [0.3, 0.4) is 0 Å². The van der Waals surface area contributed by atoms with Crippen molar-refractivity contribution in [3.8, 4) is 23.0 Å². The molecule has 0 radical (unpaired) electrons. The van der Waals surface area contributed by atoms with Crippen molar-refractivity contribution in [2.24, 2.45) is 0 Å². The molecule has 0 bridgehead atoms. The van der Waals surface area contributed by atoms with E-state index in [-0.39, 0.29) is 23.5 Å². The number of hydrogen-bond donors (Lipinski definition) is 2. The Kier molecular flexibility index (Phi) is 4.00. The van der Waals surface area contributed by atoms with Crippen molar-refractivity contribution in [3.63, 3.8) is 0 Å². The summed E-state index contributed by atoms with van der Waals surface area (Å²) in [5.74, 6) is -2.08. The van der Waals surface area contributed by atoms with Crippen LogP contribution in [-0.2, 0) is 14.9 Å². The van der Waals surface area contributed by atoms with Gasteiger partial charge in [0.2, 0.25) is 5.75 Å². The first-order valence-electron chi connectivity index (χ1n) is 7.41. The Morgan fingerprint density at radius 3 is 2.60 bits per heavy atom. The maximum absolute atomic E-state index is 13.2. The Bertz CT molecular complexity index is 858. The fourth-order valence-corrected chi connectivity index (χ4v) is 2.91. The number of benzene rings is 2. The van der Waals surface area contributed by atoms with Crippen molar-refractivity contribution in [2.45, 2.75) is 5.41 Å². The average Bonchev–Trinajstić information content (AvgIpc) is 2.64. The molecule has 2 N–H and O–H groups in total. The second-order valence-corrected chi connectivity index (χ2v) is 5.56. The first kappa shape index (κ1) is 16.6. The number of phenolic OH excluding ortho intramolecular Hbond substituents is 2. The first-order chi connectivity index (χ1) is 12.0. The average molecular weight is 344 g/mol. The Balaban J connectivity index is 2.25. The highest BCUT2D eigenvalue weighted by Gasteiger charge is 2.53. The number of carbonyl (C=O) groups is 2. The van der Waals surface area contributed by atoms with Crippen LogP contribution in [0.25, 0.3) is 0 Å². The van der Waals surface area contributed by atoms with E-state index in [1.54, 1.807) is 24.3 Å². The molecule has 0 spiro atoms. The van der Waals surface area contributed by atoms with Gasteiger partial charge in [0.05, 0.1) is 19.8 Å².